The normalized spacial score (nSPS) is 10.9. The maximum Gasteiger partial charge on any atom is 0.162 e. The van der Waals surface area contributed by atoms with Crippen LogP contribution in [0.4, 0.5) is 0 Å². The largest absolute Gasteiger partial charge is 0.457 e. The van der Waals surface area contributed by atoms with Crippen molar-refractivity contribution in [2.45, 2.75) is 10.8 Å². The quantitative estimate of drug-likeness (QED) is 0.394. The van der Waals surface area contributed by atoms with Gasteiger partial charge in [-0.3, -0.25) is 4.68 Å². The zero-order chi connectivity index (χ0) is 17.1. The number of thioether (sulfide) groups is 1. The molecule has 0 fully saturated rings. The zero-order valence-electron chi connectivity index (χ0n) is 13.7. The van der Waals surface area contributed by atoms with E-state index in [-0.39, 0.29) is 0 Å². The summed E-state index contributed by atoms with van der Waals surface area (Å²) in [6, 6.07) is 17.9. The summed E-state index contributed by atoms with van der Waals surface area (Å²) in [6.45, 7) is 0. The lowest BCUT2D eigenvalue weighted by Crippen LogP contribution is -1.93. The first-order chi connectivity index (χ1) is 12.3. The van der Waals surface area contributed by atoms with Crippen molar-refractivity contribution in [3.63, 3.8) is 0 Å². The van der Waals surface area contributed by atoms with Crippen molar-refractivity contribution in [1.82, 2.24) is 19.7 Å². The fourth-order valence-electron chi connectivity index (χ4n) is 2.54. The molecule has 4 rings (SSSR count). The van der Waals surface area contributed by atoms with Gasteiger partial charge in [-0.1, -0.05) is 36.4 Å². The van der Waals surface area contributed by atoms with Crippen LogP contribution in [0.2, 0.25) is 0 Å². The summed E-state index contributed by atoms with van der Waals surface area (Å²) in [4.78, 5) is 8.69. The number of aryl methyl sites for hydroxylation is 1. The van der Waals surface area contributed by atoms with Gasteiger partial charge in [0.15, 0.2) is 5.65 Å². The van der Waals surface area contributed by atoms with E-state index in [9.17, 15) is 0 Å². The monoisotopic (exact) mass is 348 g/mol. The van der Waals surface area contributed by atoms with E-state index < -0.39 is 0 Å². The Morgan fingerprint density at radius 3 is 2.68 bits per heavy atom. The predicted molar refractivity (Wildman–Crippen MR) is 98.8 cm³/mol. The van der Waals surface area contributed by atoms with Gasteiger partial charge in [0.2, 0.25) is 0 Å². The summed E-state index contributed by atoms with van der Waals surface area (Å²) in [5, 5.41) is 6.15. The number of para-hydroxylation sites is 2. The standard InChI is InChI=1S/C19H16N4OS/c1-23-18-16(11-22-23)19(21-13-20-18)25-12-14-7-5-6-10-17(14)24-15-8-3-2-4-9-15/h2-11,13H,12H2,1H3. The zero-order valence-corrected chi connectivity index (χ0v) is 14.5. The second-order valence-electron chi connectivity index (χ2n) is 5.50. The third-order valence-corrected chi connectivity index (χ3v) is 4.85. The molecule has 0 aliphatic carbocycles. The number of ether oxygens (including phenoxy) is 1. The topological polar surface area (TPSA) is 52.8 Å². The highest BCUT2D eigenvalue weighted by molar-refractivity contribution is 7.98. The molecule has 4 aromatic rings. The molecule has 0 aliphatic heterocycles. The van der Waals surface area contributed by atoms with Gasteiger partial charge in [0.05, 0.1) is 11.6 Å². The number of hydrogen-bond acceptors (Lipinski definition) is 5. The predicted octanol–water partition coefficient (Wildman–Crippen LogP) is 4.45. The van der Waals surface area contributed by atoms with Crippen LogP contribution >= 0.6 is 11.8 Å². The first-order valence-electron chi connectivity index (χ1n) is 7.87. The van der Waals surface area contributed by atoms with Crippen LogP contribution in [0.15, 0.2) is 72.1 Å². The van der Waals surface area contributed by atoms with E-state index >= 15 is 0 Å². The van der Waals surface area contributed by atoms with Crippen molar-refractivity contribution in [3.8, 4) is 11.5 Å². The van der Waals surface area contributed by atoms with Gasteiger partial charge in [0, 0.05) is 18.4 Å². The smallest absolute Gasteiger partial charge is 0.162 e. The third kappa shape index (κ3) is 3.34. The molecule has 0 saturated carbocycles. The van der Waals surface area contributed by atoms with Crippen molar-refractivity contribution in [3.05, 3.63) is 72.7 Å². The molecule has 2 aromatic heterocycles. The van der Waals surface area contributed by atoms with Crippen LogP contribution in [-0.2, 0) is 12.8 Å². The lowest BCUT2D eigenvalue weighted by molar-refractivity contribution is 0.478. The summed E-state index contributed by atoms with van der Waals surface area (Å²) in [6.07, 6.45) is 3.39. The second-order valence-corrected chi connectivity index (χ2v) is 6.46. The Morgan fingerprint density at radius 2 is 1.80 bits per heavy atom. The van der Waals surface area contributed by atoms with Crippen molar-refractivity contribution in [1.29, 1.82) is 0 Å². The van der Waals surface area contributed by atoms with Crippen molar-refractivity contribution >= 4 is 22.8 Å². The lowest BCUT2D eigenvalue weighted by atomic mass is 10.2. The maximum absolute atomic E-state index is 6.03. The third-order valence-electron chi connectivity index (χ3n) is 3.80. The average Bonchev–Trinajstić information content (AvgIpc) is 3.04. The van der Waals surface area contributed by atoms with Gasteiger partial charge in [-0.05, 0) is 18.2 Å². The molecule has 5 nitrogen and oxygen atoms in total. The Kier molecular flexibility index (Phi) is 4.35. The second kappa shape index (κ2) is 6.94. The Labute approximate surface area is 149 Å². The molecule has 0 bridgehead atoms. The molecule has 2 heterocycles. The minimum absolute atomic E-state index is 0.754. The summed E-state index contributed by atoms with van der Waals surface area (Å²) < 4.78 is 7.78. The number of aromatic nitrogens is 4. The van der Waals surface area contributed by atoms with Gasteiger partial charge in [0.1, 0.15) is 22.9 Å². The molecular formula is C19H16N4OS. The highest BCUT2D eigenvalue weighted by Crippen LogP contribution is 2.32. The highest BCUT2D eigenvalue weighted by Gasteiger charge is 2.10. The van der Waals surface area contributed by atoms with E-state index in [1.807, 2.05) is 61.8 Å². The number of benzene rings is 2. The van der Waals surface area contributed by atoms with E-state index in [2.05, 4.69) is 21.1 Å². The summed E-state index contributed by atoms with van der Waals surface area (Å²) in [5.41, 5.74) is 1.96. The van der Waals surface area contributed by atoms with E-state index in [4.69, 9.17) is 4.74 Å². The summed E-state index contributed by atoms with van der Waals surface area (Å²) in [5.74, 6) is 2.44. The Hall–Kier alpha value is -2.86. The van der Waals surface area contributed by atoms with Crippen LogP contribution in [-0.4, -0.2) is 19.7 Å². The van der Waals surface area contributed by atoms with Gasteiger partial charge < -0.3 is 4.74 Å². The Morgan fingerprint density at radius 1 is 1.00 bits per heavy atom. The summed E-state index contributed by atoms with van der Waals surface area (Å²) >= 11 is 1.66. The Bertz CT molecular complexity index is 1000. The number of nitrogens with zero attached hydrogens (tertiary/aromatic N) is 4. The van der Waals surface area contributed by atoms with Crippen LogP contribution in [0.5, 0.6) is 11.5 Å². The lowest BCUT2D eigenvalue weighted by Gasteiger charge is -2.11. The molecule has 6 heteroatoms. The molecule has 0 radical (unpaired) electrons. The van der Waals surface area contributed by atoms with Crippen molar-refractivity contribution in [2.24, 2.45) is 7.05 Å². The van der Waals surface area contributed by atoms with E-state index in [1.165, 1.54) is 0 Å². The fourth-order valence-corrected chi connectivity index (χ4v) is 3.49. The number of fused-ring (bicyclic) bond motifs is 1. The van der Waals surface area contributed by atoms with E-state index in [0.717, 1.165) is 38.9 Å². The van der Waals surface area contributed by atoms with Gasteiger partial charge in [0.25, 0.3) is 0 Å². The SMILES string of the molecule is Cn1ncc2c(SCc3ccccc3Oc3ccccc3)ncnc21. The minimum atomic E-state index is 0.754. The molecule has 0 spiro atoms. The molecule has 25 heavy (non-hydrogen) atoms. The molecule has 0 aliphatic rings. The molecule has 124 valence electrons. The Balaban J connectivity index is 1.57. The molecule has 0 unspecified atom stereocenters. The van der Waals surface area contributed by atoms with Gasteiger partial charge in [-0.2, -0.15) is 5.10 Å². The molecule has 0 atom stereocenters. The van der Waals surface area contributed by atoms with E-state index in [0.29, 0.717) is 0 Å². The van der Waals surface area contributed by atoms with E-state index in [1.54, 1.807) is 22.8 Å². The summed E-state index contributed by atoms with van der Waals surface area (Å²) in [7, 11) is 1.88. The van der Waals surface area contributed by atoms with Gasteiger partial charge >= 0.3 is 0 Å². The van der Waals surface area contributed by atoms with Crippen LogP contribution < -0.4 is 4.74 Å². The first-order valence-corrected chi connectivity index (χ1v) is 8.86. The maximum atomic E-state index is 6.03. The number of rotatable bonds is 5. The van der Waals surface area contributed by atoms with Crippen LogP contribution in [0.1, 0.15) is 5.56 Å². The van der Waals surface area contributed by atoms with Crippen molar-refractivity contribution < 1.29 is 4.74 Å². The molecular weight excluding hydrogens is 332 g/mol. The van der Waals surface area contributed by atoms with Crippen LogP contribution in [0, 0.1) is 0 Å². The first kappa shape index (κ1) is 15.7. The fraction of sp³-hybridized carbons (Fsp3) is 0.105. The van der Waals surface area contributed by atoms with Crippen LogP contribution in [0.25, 0.3) is 11.0 Å². The minimum Gasteiger partial charge on any atom is -0.457 e. The highest BCUT2D eigenvalue weighted by atomic mass is 32.2. The van der Waals surface area contributed by atoms with Gasteiger partial charge in [-0.15, -0.1) is 11.8 Å². The van der Waals surface area contributed by atoms with Gasteiger partial charge in [-0.25, -0.2) is 9.97 Å². The molecule has 0 amide bonds. The molecule has 0 N–H and O–H groups in total. The average molecular weight is 348 g/mol. The molecule has 0 saturated heterocycles. The van der Waals surface area contributed by atoms with Crippen molar-refractivity contribution in [2.75, 3.05) is 0 Å². The number of hydrogen-bond donors (Lipinski definition) is 0. The van der Waals surface area contributed by atoms with Crippen LogP contribution in [0.3, 0.4) is 0 Å². The molecule has 2 aromatic carbocycles.